The van der Waals surface area contributed by atoms with Crippen molar-refractivity contribution in [2.45, 2.75) is 19.3 Å². The van der Waals surface area contributed by atoms with E-state index in [2.05, 4.69) is 25.3 Å². The van der Waals surface area contributed by atoms with E-state index >= 15 is 0 Å². The minimum Gasteiger partial charge on any atom is -0.333 e. The van der Waals surface area contributed by atoms with Crippen LogP contribution in [0.1, 0.15) is 17.7 Å². The van der Waals surface area contributed by atoms with E-state index in [1.54, 1.807) is 0 Å². The van der Waals surface area contributed by atoms with Crippen molar-refractivity contribution in [1.82, 2.24) is 25.3 Å². The molecule has 3 aromatic heterocycles. The summed E-state index contributed by atoms with van der Waals surface area (Å²) in [7, 11) is 0. The molecular weight excluding hydrogens is 306 g/mol. The molecule has 1 aliphatic rings. The van der Waals surface area contributed by atoms with Crippen LogP contribution in [-0.4, -0.2) is 25.3 Å². The number of para-hydroxylation sites is 1. The highest BCUT2D eigenvalue weighted by Crippen LogP contribution is 2.27. The topological polar surface area (TPSA) is 100 Å². The van der Waals surface area contributed by atoms with E-state index in [1.165, 1.54) is 0 Å². The third-order valence-corrected chi connectivity index (χ3v) is 4.43. The van der Waals surface area contributed by atoms with Crippen molar-refractivity contribution >= 4 is 10.9 Å². The Morgan fingerprint density at radius 2 is 2.08 bits per heavy atom. The number of aromatic nitrogens is 5. The lowest BCUT2D eigenvalue weighted by atomic mass is 10.1. The molecule has 1 aliphatic carbocycles. The van der Waals surface area contributed by atoms with Gasteiger partial charge in [-0.2, -0.15) is 10.1 Å². The molecule has 0 spiro atoms. The monoisotopic (exact) mass is 319 g/mol. The number of nitrogens with zero attached hydrogens (tertiary/aromatic N) is 3. The standard InChI is InChI=1S/C17H13N5O2/c23-16-11(8-9-4-3-7-12(9)18-16)17-19-15(22-24-17)14-10-5-1-2-6-13(10)20-21-14/h1-2,5-6,8H,3-4,7H2,(H,18,23)(H,20,21). The van der Waals surface area contributed by atoms with Gasteiger partial charge < -0.3 is 9.51 Å². The van der Waals surface area contributed by atoms with Crippen LogP contribution in [0.5, 0.6) is 0 Å². The smallest absolute Gasteiger partial charge is 0.263 e. The predicted molar refractivity (Wildman–Crippen MR) is 87.5 cm³/mol. The summed E-state index contributed by atoms with van der Waals surface area (Å²) in [6, 6.07) is 9.58. The summed E-state index contributed by atoms with van der Waals surface area (Å²) in [5, 5.41) is 12.1. The zero-order valence-corrected chi connectivity index (χ0v) is 12.7. The molecule has 0 aliphatic heterocycles. The molecule has 5 rings (SSSR count). The number of H-pyrrole nitrogens is 2. The maximum atomic E-state index is 12.3. The third kappa shape index (κ3) is 1.91. The van der Waals surface area contributed by atoms with Crippen molar-refractivity contribution in [3.8, 4) is 23.0 Å². The molecule has 0 fully saturated rings. The summed E-state index contributed by atoms with van der Waals surface area (Å²) in [4.78, 5) is 19.6. The summed E-state index contributed by atoms with van der Waals surface area (Å²) in [5.74, 6) is 0.579. The van der Waals surface area contributed by atoms with Crippen molar-refractivity contribution in [2.24, 2.45) is 0 Å². The molecule has 118 valence electrons. The third-order valence-electron chi connectivity index (χ3n) is 4.43. The molecule has 0 radical (unpaired) electrons. The van der Waals surface area contributed by atoms with Crippen LogP contribution < -0.4 is 5.56 Å². The molecule has 4 aromatic rings. The van der Waals surface area contributed by atoms with Crippen molar-refractivity contribution in [3.63, 3.8) is 0 Å². The van der Waals surface area contributed by atoms with Crippen LogP contribution in [0, 0.1) is 0 Å². The fourth-order valence-corrected chi connectivity index (χ4v) is 3.24. The Labute approximate surface area is 135 Å². The molecule has 2 N–H and O–H groups in total. The molecule has 0 saturated heterocycles. The van der Waals surface area contributed by atoms with Gasteiger partial charge in [0.2, 0.25) is 5.82 Å². The second-order valence-corrected chi connectivity index (χ2v) is 5.91. The minimum absolute atomic E-state index is 0.197. The van der Waals surface area contributed by atoms with Gasteiger partial charge in [-0.1, -0.05) is 23.4 Å². The Kier molecular flexibility index (Phi) is 2.70. The molecule has 7 nitrogen and oxygen atoms in total. The first-order valence-corrected chi connectivity index (χ1v) is 7.82. The van der Waals surface area contributed by atoms with E-state index in [-0.39, 0.29) is 11.4 Å². The van der Waals surface area contributed by atoms with Crippen LogP contribution >= 0.6 is 0 Å². The fourth-order valence-electron chi connectivity index (χ4n) is 3.24. The summed E-state index contributed by atoms with van der Waals surface area (Å²) >= 11 is 0. The Bertz CT molecular complexity index is 1120. The first kappa shape index (κ1) is 13.2. The number of pyridine rings is 1. The second-order valence-electron chi connectivity index (χ2n) is 5.91. The number of rotatable bonds is 2. The molecule has 3 heterocycles. The Hall–Kier alpha value is -3.22. The van der Waals surface area contributed by atoms with E-state index in [1.807, 2.05) is 30.3 Å². The van der Waals surface area contributed by atoms with Gasteiger partial charge in [-0.15, -0.1) is 0 Å². The van der Waals surface area contributed by atoms with Crippen LogP contribution in [0.25, 0.3) is 33.9 Å². The van der Waals surface area contributed by atoms with E-state index < -0.39 is 0 Å². The first-order chi connectivity index (χ1) is 11.8. The number of hydrogen-bond acceptors (Lipinski definition) is 5. The van der Waals surface area contributed by atoms with Gasteiger partial charge in [0, 0.05) is 11.1 Å². The van der Waals surface area contributed by atoms with Gasteiger partial charge in [0.25, 0.3) is 11.4 Å². The van der Waals surface area contributed by atoms with Crippen LogP contribution in [0.15, 0.2) is 39.6 Å². The molecule has 0 unspecified atom stereocenters. The number of fused-ring (bicyclic) bond motifs is 2. The number of benzene rings is 1. The predicted octanol–water partition coefficient (Wildman–Crippen LogP) is 2.46. The highest BCUT2D eigenvalue weighted by Gasteiger charge is 2.20. The van der Waals surface area contributed by atoms with Crippen LogP contribution in [0.3, 0.4) is 0 Å². The number of nitrogens with one attached hydrogen (secondary N) is 2. The average molecular weight is 319 g/mol. The molecule has 0 bridgehead atoms. The van der Waals surface area contributed by atoms with Gasteiger partial charge in [-0.05, 0) is 37.0 Å². The van der Waals surface area contributed by atoms with Crippen LogP contribution in [0.4, 0.5) is 0 Å². The van der Waals surface area contributed by atoms with Gasteiger partial charge in [0.05, 0.1) is 5.52 Å². The fraction of sp³-hybridized carbons (Fsp3) is 0.176. The lowest BCUT2D eigenvalue weighted by molar-refractivity contribution is 0.431. The Morgan fingerprint density at radius 1 is 1.17 bits per heavy atom. The summed E-state index contributed by atoms with van der Waals surface area (Å²) in [6.07, 6.45) is 2.94. The Morgan fingerprint density at radius 3 is 3.04 bits per heavy atom. The second kappa shape index (κ2) is 4.89. The maximum absolute atomic E-state index is 12.3. The van der Waals surface area contributed by atoms with E-state index in [0.717, 1.165) is 41.4 Å². The van der Waals surface area contributed by atoms with E-state index in [0.29, 0.717) is 17.1 Å². The summed E-state index contributed by atoms with van der Waals surface area (Å²) in [6.45, 7) is 0. The van der Waals surface area contributed by atoms with Crippen molar-refractivity contribution in [2.75, 3.05) is 0 Å². The molecule has 0 atom stereocenters. The normalized spacial score (nSPS) is 13.5. The number of aromatic amines is 2. The van der Waals surface area contributed by atoms with Gasteiger partial charge >= 0.3 is 0 Å². The molecule has 24 heavy (non-hydrogen) atoms. The lowest BCUT2D eigenvalue weighted by Gasteiger charge is -2.00. The summed E-state index contributed by atoms with van der Waals surface area (Å²) < 4.78 is 5.33. The molecule has 7 heteroatoms. The van der Waals surface area contributed by atoms with Gasteiger partial charge in [-0.25, -0.2) is 0 Å². The largest absolute Gasteiger partial charge is 0.333 e. The average Bonchev–Trinajstić information content (AvgIpc) is 3.32. The van der Waals surface area contributed by atoms with Crippen molar-refractivity contribution < 1.29 is 4.52 Å². The van der Waals surface area contributed by atoms with Gasteiger partial charge in [-0.3, -0.25) is 9.89 Å². The highest BCUT2D eigenvalue weighted by molar-refractivity contribution is 5.91. The van der Waals surface area contributed by atoms with Crippen molar-refractivity contribution in [3.05, 3.63) is 51.9 Å². The molecular formula is C17H13N5O2. The van der Waals surface area contributed by atoms with Crippen LogP contribution in [0.2, 0.25) is 0 Å². The maximum Gasteiger partial charge on any atom is 0.263 e. The quantitative estimate of drug-likeness (QED) is 0.591. The van der Waals surface area contributed by atoms with Gasteiger partial charge in [0.1, 0.15) is 11.3 Å². The van der Waals surface area contributed by atoms with Gasteiger partial charge in [0.15, 0.2) is 0 Å². The first-order valence-electron chi connectivity index (χ1n) is 7.82. The molecule has 0 saturated carbocycles. The van der Waals surface area contributed by atoms with Crippen LogP contribution in [-0.2, 0) is 12.8 Å². The zero-order valence-electron chi connectivity index (χ0n) is 12.7. The number of hydrogen-bond donors (Lipinski definition) is 2. The highest BCUT2D eigenvalue weighted by atomic mass is 16.5. The lowest BCUT2D eigenvalue weighted by Crippen LogP contribution is -2.11. The SMILES string of the molecule is O=c1[nH]c2c(cc1-c1nc(-c3n[nH]c4ccccc34)no1)CCC2. The molecule has 1 aromatic carbocycles. The van der Waals surface area contributed by atoms with E-state index in [9.17, 15) is 4.79 Å². The number of aryl methyl sites for hydroxylation is 2. The minimum atomic E-state index is -0.197. The van der Waals surface area contributed by atoms with Crippen molar-refractivity contribution in [1.29, 1.82) is 0 Å². The van der Waals surface area contributed by atoms with E-state index in [4.69, 9.17) is 4.52 Å². The Balaban J connectivity index is 1.62. The zero-order chi connectivity index (χ0) is 16.1. The molecule has 0 amide bonds. The summed E-state index contributed by atoms with van der Waals surface area (Å²) in [5.41, 5.74) is 3.88.